The molecule has 1 rings (SSSR count). The van der Waals surface area contributed by atoms with Gasteiger partial charge in [0.25, 0.3) is 0 Å². The standard InChI is InChI=1S/C12H25NO4/c1-3-15-12(16-4-2)5-6-13-7-8-17-11(9-13)10-14/h11-12,14H,3-10H2,1-2H3. The van der Waals surface area contributed by atoms with E-state index >= 15 is 0 Å². The van der Waals surface area contributed by atoms with Crippen molar-refractivity contribution in [2.75, 3.05) is 46.1 Å². The molecule has 0 aromatic carbocycles. The normalized spacial score (nSPS) is 22.2. The number of hydrogen-bond donors (Lipinski definition) is 1. The highest BCUT2D eigenvalue weighted by atomic mass is 16.7. The molecule has 0 saturated carbocycles. The van der Waals surface area contributed by atoms with Gasteiger partial charge in [-0.15, -0.1) is 0 Å². The molecule has 5 nitrogen and oxygen atoms in total. The zero-order valence-electron chi connectivity index (χ0n) is 10.9. The maximum absolute atomic E-state index is 9.05. The first kappa shape index (κ1) is 14.9. The molecule has 102 valence electrons. The predicted octanol–water partition coefficient (Wildman–Crippen LogP) is 0.469. The monoisotopic (exact) mass is 247 g/mol. The second-order valence-corrected chi connectivity index (χ2v) is 4.10. The van der Waals surface area contributed by atoms with Crippen LogP contribution in [0.4, 0.5) is 0 Å². The highest BCUT2D eigenvalue weighted by molar-refractivity contribution is 4.70. The highest BCUT2D eigenvalue weighted by Crippen LogP contribution is 2.08. The SMILES string of the molecule is CCOC(CCN1CCOC(CO)C1)OCC. The van der Waals surface area contributed by atoms with E-state index in [-0.39, 0.29) is 19.0 Å². The number of nitrogens with zero attached hydrogens (tertiary/aromatic N) is 1. The molecule has 1 aliphatic heterocycles. The number of hydrogen-bond acceptors (Lipinski definition) is 5. The average molecular weight is 247 g/mol. The van der Waals surface area contributed by atoms with E-state index in [0.29, 0.717) is 19.8 Å². The number of ether oxygens (including phenoxy) is 3. The Balaban J connectivity index is 2.22. The molecule has 1 saturated heterocycles. The molecule has 0 bridgehead atoms. The van der Waals surface area contributed by atoms with Gasteiger partial charge in [-0.05, 0) is 13.8 Å². The third-order valence-electron chi connectivity index (χ3n) is 2.81. The smallest absolute Gasteiger partial charge is 0.158 e. The summed E-state index contributed by atoms with van der Waals surface area (Å²) in [6.07, 6.45) is 0.710. The Bertz CT molecular complexity index is 185. The molecular weight excluding hydrogens is 222 g/mol. The lowest BCUT2D eigenvalue weighted by atomic mass is 10.2. The van der Waals surface area contributed by atoms with E-state index in [0.717, 1.165) is 26.1 Å². The minimum Gasteiger partial charge on any atom is -0.394 e. The number of aliphatic hydroxyl groups excluding tert-OH is 1. The lowest BCUT2D eigenvalue weighted by molar-refractivity contribution is -0.144. The van der Waals surface area contributed by atoms with Crippen molar-refractivity contribution in [3.05, 3.63) is 0 Å². The fraction of sp³-hybridized carbons (Fsp3) is 1.00. The van der Waals surface area contributed by atoms with Gasteiger partial charge in [0.1, 0.15) is 0 Å². The Kier molecular flexibility index (Phi) is 7.72. The third-order valence-corrected chi connectivity index (χ3v) is 2.81. The van der Waals surface area contributed by atoms with Gasteiger partial charge in [-0.1, -0.05) is 0 Å². The van der Waals surface area contributed by atoms with Crippen molar-refractivity contribution < 1.29 is 19.3 Å². The van der Waals surface area contributed by atoms with Crippen LogP contribution in [-0.4, -0.2) is 68.5 Å². The maximum Gasteiger partial charge on any atom is 0.158 e. The summed E-state index contributed by atoms with van der Waals surface area (Å²) in [5.74, 6) is 0. The number of aliphatic hydroxyl groups is 1. The van der Waals surface area contributed by atoms with Crippen molar-refractivity contribution >= 4 is 0 Å². The fourth-order valence-corrected chi connectivity index (χ4v) is 1.97. The molecule has 1 unspecified atom stereocenters. The third kappa shape index (κ3) is 5.79. The minimum absolute atomic E-state index is 0.0404. The number of morpholine rings is 1. The van der Waals surface area contributed by atoms with Crippen LogP contribution in [0.25, 0.3) is 0 Å². The zero-order valence-corrected chi connectivity index (χ0v) is 10.9. The Morgan fingerprint density at radius 2 is 2.06 bits per heavy atom. The molecule has 1 aliphatic rings. The molecule has 0 radical (unpaired) electrons. The van der Waals surface area contributed by atoms with Crippen molar-refractivity contribution in [2.45, 2.75) is 32.7 Å². The molecule has 1 fully saturated rings. The van der Waals surface area contributed by atoms with Gasteiger partial charge in [-0.3, -0.25) is 4.90 Å². The largest absolute Gasteiger partial charge is 0.394 e. The summed E-state index contributed by atoms with van der Waals surface area (Å²) in [5, 5.41) is 9.05. The van der Waals surface area contributed by atoms with Crippen LogP contribution in [0.1, 0.15) is 20.3 Å². The van der Waals surface area contributed by atoms with Crippen molar-refractivity contribution in [3.63, 3.8) is 0 Å². The predicted molar refractivity (Wildman–Crippen MR) is 64.9 cm³/mol. The summed E-state index contributed by atoms with van der Waals surface area (Å²) in [6, 6.07) is 0. The van der Waals surface area contributed by atoms with Crippen LogP contribution in [0.15, 0.2) is 0 Å². The van der Waals surface area contributed by atoms with Crippen LogP contribution < -0.4 is 0 Å². The van der Waals surface area contributed by atoms with Gasteiger partial charge < -0.3 is 19.3 Å². The molecule has 1 atom stereocenters. The van der Waals surface area contributed by atoms with Crippen molar-refractivity contribution in [1.29, 1.82) is 0 Å². The van der Waals surface area contributed by atoms with Crippen LogP contribution >= 0.6 is 0 Å². The van der Waals surface area contributed by atoms with Gasteiger partial charge in [0, 0.05) is 39.3 Å². The van der Waals surface area contributed by atoms with Crippen LogP contribution in [-0.2, 0) is 14.2 Å². The van der Waals surface area contributed by atoms with E-state index in [9.17, 15) is 0 Å². The Morgan fingerprint density at radius 3 is 2.65 bits per heavy atom. The van der Waals surface area contributed by atoms with Gasteiger partial charge in [0.15, 0.2) is 6.29 Å². The van der Waals surface area contributed by atoms with Crippen molar-refractivity contribution in [2.24, 2.45) is 0 Å². The average Bonchev–Trinajstić information content (AvgIpc) is 2.37. The lowest BCUT2D eigenvalue weighted by Gasteiger charge is -2.32. The highest BCUT2D eigenvalue weighted by Gasteiger charge is 2.20. The van der Waals surface area contributed by atoms with Crippen LogP contribution in [0.2, 0.25) is 0 Å². The maximum atomic E-state index is 9.05. The molecule has 5 heteroatoms. The lowest BCUT2D eigenvalue weighted by Crippen LogP contribution is -2.45. The van der Waals surface area contributed by atoms with Crippen LogP contribution in [0.5, 0.6) is 0 Å². The van der Waals surface area contributed by atoms with Crippen molar-refractivity contribution in [3.8, 4) is 0 Å². The van der Waals surface area contributed by atoms with E-state index in [1.807, 2.05) is 13.8 Å². The molecule has 0 aromatic rings. The summed E-state index contributed by atoms with van der Waals surface area (Å²) in [6.45, 7) is 8.72. The minimum atomic E-state index is -0.111. The summed E-state index contributed by atoms with van der Waals surface area (Å²) in [5.41, 5.74) is 0. The first-order chi connectivity index (χ1) is 8.30. The Morgan fingerprint density at radius 1 is 1.35 bits per heavy atom. The van der Waals surface area contributed by atoms with E-state index < -0.39 is 0 Å². The molecule has 0 spiro atoms. The molecule has 0 aliphatic carbocycles. The first-order valence-corrected chi connectivity index (χ1v) is 6.48. The van der Waals surface area contributed by atoms with Gasteiger partial charge >= 0.3 is 0 Å². The van der Waals surface area contributed by atoms with Crippen molar-refractivity contribution in [1.82, 2.24) is 4.90 Å². The Hall–Kier alpha value is -0.200. The van der Waals surface area contributed by atoms with Gasteiger partial charge in [-0.2, -0.15) is 0 Å². The quantitative estimate of drug-likeness (QED) is 0.632. The van der Waals surface area contributed by atoms with Crippen LogP contribution in [0, 0.1) is 0 Å². The van der Waals surface area contributed by atoms with E-state index in [4.69, 9.17) is 19.3 Å². The van der Waals surface area contributed by atoms with Gasteiger partial charge in [-0.25, -0.2) is 0 Å². The van der Waals surface area contributed by atoms with Crippen LogP contribution in [0.3, 0.4) is 0 Å². The fourth-order valence-electron chi connectivity index (χ4n) is 1.97. The van der Waals surface area contributed by atoms with Gasteiger partial charge in [0.05, 0.1) is 19.3 Å². The van der Waals surface area contributed by atoms with Gasteiger partial charge in [0.2, 0.25) is 0 Å². The molecule has 0 amide bonds. The summed E-state index contributed by atoms with van der Waals surface area (Å²) >= 11 is 0. The topological polar surface area (TPSA) is 51.2 Å². The van der Waals surface area contributed by atoms with E-state index in [2.05, 4.69) is 4.90 Å². The molecule has 17 heavy (non-hydrogen) atoms. The molecular formula is C12H25NO4. The van der Waals surface area contributed by atoms with E-state index in [1.165, 1.54) is 0 Å². The van der Waals surface area contributed by atoms with E-state index in [1.54, 1.807) is 0 Å². The second kappa shape index (κ2) is 8.83. The zero-order chi connectivity index (χ0) is 12.5. The molecule has 1 N–H and O–H groups in total. The molecule has 0 aromatic heterocycles. The second-order valence-electron chi connectivity index (χ2n) is 4.10. The Labute approximate surface area is 104 Å². The number of rotatable bonds is 8. The first-order valence-electron chi connectivity index (χ1n) is 6.48. The summed E-state index contributed by atoms with van der Waals surface area (Å²) < 4.78 is 16.4. The summed E-state index contributed by atoms with van der Waals surface area (Å²) in [4.78, 5) is 2.29. The molecule has 1 heterocycles. The summed E-state index contributed by atoms with van der Waals surface area (Å²) in [7, 11) is 0.